The predicted molar refractivity (Wildman–Crippen MR) is 115 cm³/mol. The zero-order valence-electron chi connectivity index (χ0n) is 17.3. The summed E-state index contributed by atoms with van der Waals surface area (Å²) in [4.78, 5) is 29.3. The van der Waals surface area contributed by atoms with Gasteiger partial charge in [0.05, 0.1) is 10.7 Å². The first kappa shape index (κ1) is 21.3. The molecule has 156 valence electrons. The summed E-state index contributed by atoms with van der Waals surface area (Å²) in [7, 11) is 0. The SMILES string of the molecule is Cc1nc(CC(C)C)sc1C(=O)NCCc1ccc(OCC(=O)NC2CC2)cc1. The first-order valence-corrected chi connectivity index (χ1v) is 11.0. The quantitative estimate of drug-likeness (QED) is 0.624. The van der Waals surface area contributed by atoms with Gasteiger partial charge in [-0.2, -0.15) is 0 Å². The summed E-state index contributed by atoms with van der Waals surface area (Å²) >= 11 is 1.49. The zero-order chi connectivity index (χ0) is 20.8. The molecular formula is C22H29N3O3S. The Hall–Kier alpha value is -2.41. The summed E-state index contributed by atoms with van der Waals surface area (Å²) < 4.78 is 5.51. The van der Waals surface area contributed by atoms with Gasteiger partial charge in [0.1, 0.15) is 10.6 Å². The largest absolute Gasteiger partial charge is 0.484 e. The standard InChI is InChI=1S/C22H29N3O3S/c1-14(2)12-20-24-15(3)21(29-20)22(27)23-11-10-16-4-8-18(9-5-16)28-13-19(26)25-17-6-7-17/h4-5,8-9,14,17H,6-7,10-13H2,1-3H3,(H,23,27)(H,25,26). The molecule has 1 aromatic carbocycles. The Kier molecular flexibility index (Phi) is 7.25. The number of hydrogen-bond acceptors (Lipinski definition) is 5. The molecule has 0 saturated heterocycles. The Morgan fingerprint density at radius 2 is 1.97 bits per heavy atom. The lowest BCUT2D eigenvalue weighted by Gasteiger charge is -2.08. The first-order valence-electron chi connectivity index (χ1n) is 10.2. The van der Waals surface area contributed by atoms with Gasteiger partial charge in [0.15, 0.2) is 6.61 Å². The van der Waals surface area contributed by atoms with Crippen LogP contribution in [-0.4, -0.2) is 36.0 Å². The zero-order valence-corrected chi connectivity index (χ0v) is 18.1. The normalized spacial score (nSPS) is 13.4. The van der Waals surface area contributed by atoms with Crippen molar-refractivity contribution in [3.8, 4) is 5.75 Å². The third kappa shape index (κ3) is 6.85. The Bertz CT molecular complexity index is 841. The number of aromatic nitrogens is 1. The van der Waals surface area contributed by atoms with Crippen LogP contribution in [0.15, 0.2) is 24.3 Å². The summed E-state index contributed by atoms with van der Waals surface area (Å²) in [6.45, 7) is 6.78. The van der Waals surface area contributed by atoms with Crippen molar-refractivity contribution in [2.75, 3.05) is 13.2 Å². The average molecular weight is 416 g/mol. The summed E-state index contributed by atoms with van der Waals surface area (Å²) in [5, 5.41) is 6.89. The lowest BCUT2D eigenvalue weighted by Crippen LogP contribution is -2.30. The highest BCUT2D eigenvalue weighted by atomic mass is 32.1. The third-order valence-electron chi connectivity index (χ3n) is 4.56. The maximum atomic E-state index is 12.4. The molecule has 0 radical (unpaired) electrons. The molecule has 0 bridgehead atoms. The molecule has 1 aromatic heterocycles. The predicted octanol–water partition coefficient (Wildman–Crippen LogP) is 3.28. The Balaban J connectivity index is 1.41. The molecule has 2 N–H and O–H groups in total. The van der Waals surface area contributed by atoms with Crippen molar-refractivity contribution in [1.29, 1.82) is 0 Å². The maximum absolute atomic E-state index is 12.4. The van der Waals surface area contributed by atoms with Crippen molar-refractivity contribution >= 4 is 23.2 Å². The molecule has 1 aliphatic carbocycles. The molecule has 1 saturated carbocycles. The molecule has 0 aliphatic heterocycles. The fourth-order valence-corrected chi connectivity index (χ4v) is 4.09. The minimum absolute atomic E-state index is 0.0406. The van der Waals surface area contributed by atoms with Crippen LogP contribution < -0.4 is 15.4 Å². The highest BCUT2D eigenvalue weighted by Gasteiger charge is 2.23. The molecular weight excluding hydrogens is 386 g/mol. The summed E-state index contributed by atoms with van der Waals surface area (Å²) in [6.07, 6.45) is 3.76. The van der Waals surface area contributed by atoms with Crippen LogP contribution in [0.4, 0.5) is 0 Å². The highest BCUT2D eigenvalue weighted by molar-refractivity contribution is 7.13. The lowest BCUT2D eigenvalue weighted by molar-refractivity contribution is -0.123. The van der Waals surface area contributed by atoms with Crippen LogP contribution in [0.25, 0.3) is 0 Å². The minimum atomic E-state index is -0.0748. The number of aryl methyl sites for hydroxylation is 1. The monoisotopic (exact) mass is 415 g/mol. The molecule has 7 heteroatoms. The van der Waals surface area contributed by atoms with Crippen LogP contribution in [0.1, 0.15) is 52.6 Å². The van der Waals surface area contributed by atoms with E-state index < -0.39 is 0 Å². The smallest absolute Gasteiger partial charge is 0.263 e. The van der Waals surface area contributed by atoms with Crippen molar-refractivity contribution in [2.45, 2.75) is 52.5 Å². The van der Waals surface area contributed by atoms with Crippen LogP contribution in [0.3, 0.4) is 0 Å². The fourth-order valence-electron chi connectivity index (χ4n) is 2.90. The number of carbonyl (C=O) groups is 2. The van der Waals surface area contributed by atoms with E-state index in [1.165, 1.54) is 11.3 Å². The van der Waals surface area contributed by atoms with E-state index in [-0.39, 0.29) is 18.4 Å². The summed E-state index contributed by atoms with van der Waals surface area (Å²) in [5.74, 6) is 1.06. The fraction of sp³-hybridized carbons (Fsp3) is 0.500. The van der Waals surface area contributed by atoms with Crippen molar-refractivity contribution in [3.05, 3.63) is 45.4 Å². The molecule has 2 aromatic rings. The number of ether oxygens (including phenoxy) is 1. The number of thiazole rings is 1. The number of nitrogens with zero attached hydrogens (tertiary/aromatic N) is 1. The van der Waals surface area contributed by atoms with Crippen LogP contribution >= 0.6 is 11.3 Å². The van der Waals surface area contributed by atoms with E-state index in [2.05, 4.69) is 29.5 Å². The summed E-state index contributed by atoms with van der Waals surface area (Å²) in [5.41, 5.74) is 1.90. The topological polar surface area (TPSA) is 80.3 Å². The van der Waals surface area contributed by atoms with Gasteiger partial charge in [-0.05, 0) is 49.8 Å². The van der Waals surface area contributed by atoms with Gasteiger partial charge in [-0.1, -0.05) is 26.0 Å². The number of benzene rings is 1. The molecule has 6 nitrogen and oxygen atoms in total. The second-order valence-electron chi connectivity index (χ2n) is 7.90. The van der Waals surface area contributed by atoms with Gasteiger partial charge in [-0.3, -0.25) is 9.59 Å². The van der Waals surface area contributed by atoms with Gasteiger partial charge in [-0.15, -0.1) is 11.3 Å². The Labute approximate surface area is 176 Å². The van der Waals surface area contributed by atoms with Crippen molar-refractivity contribution < 1.29 is 14.3 Å². The second-order valence-corrected chi connectivity index (χ2v) is 8.98. The minimum Gasteiger partial charge on any atom is -0.484 e. The van der Waals surface area contributed by atoms with Crippen LogP contribution in [0, 0.1) is 12.8 Å². The Morgan fingerprint density at radius 3 is 2.62 bits per heavy atom. The lowest BCUT2D eigenvalue weighted by atomic mass is 10.1. The van der Waals surface area contributed by atoms with E-state index in [0.29, 0.717) is 29.1 Å². The highest BCUT2D eigenvalue weighted by Crippen LogP contribution is 2.21. The van der Waals surface area contributed by atoms with E-state index >= 15 is 0 Å². The number of hydrogen-bond donors (Lipinski definition) is 2. The molecule has 2 amide bonds. The third-order valence-corrected chi connectivity index (χ3v) is 5.74. The van der Waals surface area contributed by atoms with E-state index in [1.807, 2.05) is 31.2 Å². The first-order chi connectivity index (χ1) is 13.9. The van der Waals surface area contributed by atoms with Crippen LogP contribution in [0.5, 0.6) is 5.75 Å². The molecule has 3 rings (SSSR count). The second kappa shape index (κ2) is 9.87. The molecule has 0 unspecified atom stereocenters. The van der Waals surface area contributed by atoms with Crippen molar-refractivity contribution in [1.82, 2.24) is 15.6 Å². The molecule has 0 spiro atoms. The van der Waals surface area contributed by atoms with E-state index in [4.69, 9.17) is 4.74 Å². The Morgan fingerprint density at radius 1 is 1.24 bits per heavy atom. The van der Waals surface area contributed by atoms with Gasteiger partial charge in [-0.25, -0.2) is 4.98 Å². The molecule has 29 heavy (non-hydrogen) atoms. The van der Waals surface area contributed by atoms with Gasteiger partial charge < -0.3 is 15.4 Å². The number of carbonyl (C=O) groups excluding carboxylic acids is 2. The van der Waals surface area contributed by atoms with Crippen molar-refractivity contribution in [2.24, 2.45) is 5.92 Å². The average Bonchev–Trinajstić information content (AvgIpc) is 3.41. The number of rotatable bonds is 10. The number of nitrogens with one attached hydrogen (secondary N) is 2. The molecule has 1 heterocycles. The molecule has 1 fully saturated rings. The molecule has 0 atom stereocenters. The maximum Gasteiger partial charge on any atom is 0.263 e. The van der Waals surface area contributed by atoms with Crippen LogP contribution in [0.2, 0.25) is 0 Å². The number of amides is 2. The molecule has 1 aliphatic rings. The van der Waals surface area contributed by atoms with E-state index in [0.717, 1.165) is 41.9 Å². The van der Waals surface area contributed by atoms with E-state index in [1.54, 1.807) is 0 Å². The van der Waals surface area contributed by atoms with E-state index in [9.17, 15) is 9.59 Å². The van der Waals surface area contributed by atoms with Crippen molar-refractivity contribution in [3.63, 3.8) is 0 Å². The van der Waals surface area contributed by atoms with Gasteiger partial charge in [0, 0.05) is 19.0 Å². The summed E-state index contributed by atoms with van der Waals surface area (Å²) in [6, 6.07) is 7.97. The van der Waals surface area contributed by atoms with Crippen LogP contribution in [-0.2, 0) is 17.6 Å². The van der Waals surface area contributed by atoms with Gasteiger partial charge >= 0.3 is 0 Å². The van der Waals surface area contributed by atoms with Gasteiger partial charge in [0.2, 0.25) is 0 Å². The van der Waals surface area contributed by atoms with Gasteiger partial charge in [0.25, 0.3) is 11.8 Å².